The number of hydrogen-bond acceptors (Lipinski definition) is 20. The number of carboxylic acid groups (broad SMARTS) is 2. The molecule has 2 aliphatic rings. The molecule has 1 aromatic carbocycles. The molecule has 74 heavy (non-hydrogen) atoms. The molecule has 404 valence electrons. The number of rotatable bonds is 29. The molecular formula is C47H68ClN16O10-. The lowest BCUT2D eigenvalue weighted by Gasteiger charge is -2.38. The second kappa shape index (κ2) is 29.2. The lowest BCUT2D eigenvalue weighted by molar-refractivity contribution is -0.140. The number of benzene rings is 1. The number of aromatic hydroxyl groups is 1. The summed E-state index contributed by atoms with van der Waals surface area (Å²) in [5.74, 6) is 1.15. The third kappa shape index (κ3) is 17.4. The summed E-state index contributed by atoms with van der Waals surface area (Å²) in [5.41, 5.74) is 14.6. The Kier molecular flexibility index (Phi) is 22.9. The third-order valence-electron chi connectivity index (χ3n) is 12.2. The molecule has 6 rings (SSSR count). The zero-order chi connectivity index (χ0) is 52.3. The van der Waals surface area contributed by atoms with Crippen LogP contribution in [-0.2, 0) is 39.8 Å². The van der Waals surface area contributed by atoms with Crippen molar-refractivity contribution in [1.82, 2.24) is 54.7 Å². The molecule has 8 N–H and O–H groups in total. The topological polar surface area (TPSA) is 334 Å². The zero-order valence-corrected chi connectivity index (χ0v) is 42.6. The molecule has 2 aliphatic heterocycles. The summed E-state index contributed by atoms with van der Waals surface area (Å²) in [5, 5.41) is 48.9. The van der Waals surface area contributed by atoms with Crippen molar-refractivity contribution in [1.29, 1.82) is 0 Å². The molecule has 0 aliphatic carbocycles. The van der Waals surface area contributed by atoms with Crippen molar-refractivity contribution in [3.05, 3.63) is 53.6 Å². The number of ether oxygens (including phenoxy) is 3. The summed E-state index contributed by atoms with van der Waals surface area (Å²) in [7, 11) is 0. The summed E-state index contributed by atoms with van der Waals surface area (Å²) in [6.07, 6.45) is 8.94. The number of aliphatic carboxylic acids is 2. The first-order chi connectivity index (χ1) is 35.2. The second-order valence-electron chi connectivity index (χ2n) is 18.1. The Hall–Kier alpha value is -6.76. The molecule has 2 unspecified atom stereocenters. The van der Waals surface area contributed by atoms with E-state index in [1.807, 2.05) is 23.6 Å². The predicted octanol–water partition coefficient (Wildman–Crippen LogP) is -2.34. The molecule has 3 aromatic heterocycles. The number of carboxylic acids is 2. The van der Waals surface area contributed by atoms with Crippen LogP contribution in [0.25, 0.3) is 0 Å². The molecule has 4 atom stereocenters. The fraction of sp³-hybridized carbons (Fsp3) is 0.596. The quantitative estimate of drug-likeness (QED) is 0.0245. The first-order valence-corrected chi connectivity index (χ1v) is 24.5. The van der Waals surface area contributed by atoms with Crippen molar-refractivity contribution in [2.45, 2.75) is 76.5 Å². The van der Waals surface area contributed by atoms with Crippen molar-refractivity contribution in [3.63, 3.8) is 0 Å². The molecule has 2 fully saturated rings. The molecule has 0 radical (unpaired) electrons. The highest BCUT2D eigenvalue weighted by Gasteiger charge is 2.34. The number of carbonyl (C=O) groups excluding carboxylic acids is 2. The van der Waals surface area contributed by atoms with Crippen molar-refractivity contribution in [2.75, 3.05) is 114 Å². The molecule has 27 heteroatoms. The number of halogens is 1. The monoisotopic (exact) mass is 1050 g/mol. The molecule has 0 spiro atoms. The predicted molar refractivity (Wildman–Crippen MR) is 264 cm³/mol. The van der Waals surface area contributed by atoms with Gasteiger partial charge in [0.25, 0.3) is 0 Å². The summed E-state index contributed by atoms with van der Waals surface area (Å²) in [6.45, 7) is 8.95. The Morgan fingerprint density at radius 1 is 0.703 bits per heavy atom. The maximum atomic E-state index is 14.2. The number of aromatic nitrogens is 9. The number of terminal acetylenes is 1. The summed E-state index contributed by atoms with van der Waals surface area (Å²) >= 11 is 0. The molecule has 0 bridgehead atoms. The van der Waals surface area contributed by atoms with Crippen LogP contribution in [-0.4, -0.2) is 192 Å². The number of nitrogens with zero attached hydrogens (tertiary/aromatic N) is 13. The van der Waals surface area contributed by atoms with E-state index in [-0.39, 0.29) is 100 Å². The van der Waals surface area contributed by atoms with Crippen LogP contribution in [0, 0.1) is 18.3 Å². The van der Waals surface area contributed by atoms with Crippen LogP contribution in [0.4, 0.5) is 17.8 Å². The van der Waals surface area contributed by atoms with Crippen LogP contribution < -0.4 is 39.0 Å². The highest BCUT2D eigenvalue weighted by atomic mass is 35.5. The van der Waals surface area contributed by atoms with E-state index >= 15 is 0 Å². The van der Waals surface area contributed by atoms with Crippen molar-refractivity contribution in [2.24, 2.45) is 17.4 Å². The van der Waals surface area contributed by atoms with E-state index in [4.69, 9.17) is 47.1 Å². The number of nitrogens with two attached hydrogens (primary N) is 2. The lowest BCUT2D eigenvalue weighted by Crippen LogP contribution is -3.00. The Bertz CT molecular complexity index is 2440. The fourth-order valence-corrected chi connectivity index (χ4v) is 8.30. The van der Waals surface area contributed by atoms with Gasteiger partial charge in [0.1, 0.15) is 24.4 Å². The zero-order valence-electron chi connectivity index (χ0n) is 41.8. The Morgan fingerprint density at radius 3 is 1.65 bits per heavy atom. The molecule has 26 nitrogen and oxygen atoms in total. The smallest absolute Gasteiger partial charge is 0.303 e. The minimum Gasteiger partial charge on any atom is -1.00 e. The minimum atomic E-state index is -1.06. The Morgan fingerprint density at radius 2 is 1.18 bits per heavy atom. The van der Waals surface area contributed by atoms with Gasteiger partial charge in [0.2, 0.25) is 29.7 Å². The van der Waals surface area contributed by atoms with Crippen molar-refractivity contribution >= 4 is 41.6 Å². The maximum absolute atomic E-state index is 14.2. The van der Waals surface area contributed by atoms with E-state index in [1.165, 1.54) is 9.36 Å². The van der Waals surface area contributed by atoms with Gasteiger partial charge in [-0.05, 0) is 49.3 Å². The van der Waals surface area contributed by atoms with Gasteiger partial charge in [0.15, 0.2) is 0 Å². The van der Waals surface area contributed by atoms with Crippen LogP contribution >= 0.6 is 0 Å². The SMILES string of the molecule is C#CCOCCOCCOCCNc1nc(N2CCN(C(=O)[C@H](CCC(=O)O)n3cc(C(N)Cc4ccc(O)cc4)nn3)CC2)nc(N2CCN(C(=O)[C@H](CCC(=O)O)n3cc(C(N)CC(C)C)nn3)CC2)n1.[Cl-]. The van der Waals surface area contributed by atoms with Crippen LogP contribution in [0.3, 0.4) is 0 Å². The number of phenols is 1. The first-order valence-electron chi connectivity index (χ1n) is 24.5. The third-order valence-corrected chi connectivity index (χ3v) is 12.2. The number of nitrogens with one attached hydrogen (secondary N) is 1. The number of amides is 2. The average molecular weight is 1050 g/mol. The van der Waals surface area contributed by atoms with Gasteiger partial charge in [-0.25, -0.2) is 9.36 Å². The van der Waals surface area contributed by atoms with E-state index in [2.05, 4.69) is 31.9 Å². The van der Waals surface area contributed by atoms with Gasteiger partial charge in [-0.1, -0.05) is 42.3 Å². The highest BCUT2D eigenvalue weighted by molar-refractivity contribution is 5.82. The minimum absolute atomic E-state index is 0. The van der Waals surface area contributed by atoms with Gasteiger partial charge in [-0.3, -0.25) is 19.2 Å². The number of carbonyl (C=O) groups is 4. The van der Waals surface area contributed by atoms with Gasteiger partial charge in [0, 0.05) is 71.7 Å². The number of anilines is 3. The number of piperazine rings is 2. The highest BCUT2D eigenvalue weighted by Crippen LogP contribution is 2.26. The van der Waals surface area contributed by atoms with E-state index in [0.717, 1.165) is 5.56 Å². The van der Waals surface area contributed by atoms with Gasteiger partial charge in [-0.2, -0.15) is 15.0 Å². The largest absolute Gasteiger partial charge is 1.00 e. The lowest BCUT2D eigenvalue weighted by atomic mass is 10.0. The molecule has 5 heterocycles. The van der Waals surface area contributed by atoms with Crippen molar-refractivity contribution < 1.29 is 61.1 Å². The summed E-state index contributed by atoms with van der Waals surface area (Å²) in [6, 6.07) is 3.83. The van der Waals surface area contributed by atoms with E-state index in [9.17, 15) is 34.5 Å². The van der Waals surface area contributed by atoms with Gasteiger partial charge in [-0.15, -0.1) is 16.6 Å². The van der Waals surface area contributed by atoms with Crippen LogP contribution in [0.15, 0.2) is 36.7 Å². The number of hydrogen-bond donors (Lipinski definition) is 6. The Labute approximate surface area is 435 Å². The molecule has 0 saturated carbocycles. The fourth-order valence-electron chi connectivity index (χ4n) is 8.30. The molecule has 2 saturated heterocycles. The standard InChI is InChI=1S/C47H68N16O10.ClH/c1-4-22-71-24-26-73-27-25-72-23-13-50-45-51-46(60-18-14-58(15-19-60)43(69)39(9-11-41(65)66)62-30-37(54-56-62)35(48)28-32(2)3)53-47(52-45)61-20-16-59(17-21-61)44(70)40(10-12-42(67)68)63-31-38(55-57-63)36(49)29-33-5-7-34(64)8-6-33;/h1,5-8,30-32,35-36,39-40,64H,9-29,48-49H2,2-3H3,(H,65,66)(H,67,68)(H,50,51,52,53);1H/p-1/t35?,36?,39-,40-;/m0./s1. The average Bonchev–Trinajstić information content (AvgIpc) is 4.08. The summed E-state index contributed by atoms with van der Waals surface area (Å²) in [4.78, 5) is 73.3. The normalized spacial score (nSPS) is 15.5. The van der Waals surface area contributed by atoms with E-state index < -0.39 is 30.1 Å². The van der Waals surface area contributed by atoms with E-state index in [0.29, 0.717) is 108 Å². The summed E-state index contributed by atoms with van der Waals surface area (Å²) < 4.78 is 19.3. The number of phenolic OH excluding ortho intramolecular Hbond substituents is 1. The van der Waals surface area contributed by atoms with Crippen LogP contribution in [0.1, 0.15) is 87.1 Å². The van der Waals surface area contributed by atoms with Crippen molar-refractivity contribution in [3.8, 4) is 18.1 Å². The first kappa shape index (κ1) is 58.1. The van der Waals surface area contributed by atoms with Gasteiger partial charge < -0.3 is 78.3 Å². The van der Waals surface area contributed by atoms with E-state index in [1.54, 1.807) is 46.5 Å². The Balaban J connectivity index is 0.0000101. The van der Waals surface area contributed by atoms with Gasteiger partial charge >= 0.3 is 11.9 Å². The molecule has 4 aromatic rings. The molecular weight excluding hydrogens is 984 g/mol. The molecule has 2 amide bonds. The van der Waals surface area contributed by atoms with Gasteiger partial charge in [0.05, 0.1) is 68.9 Å². The van der Waals surface area contributed by atoms with Crippen LogP contribution in [0.5, 0.6) is 5.75 Å². The maximum Gasteiger partial charge on any atom is 0.303 e. The second-order valence-corrected chi connectivity index (χ2v) is 18.1. The van der Waals surface area contributed by atoms with Crippen LogP contribution in [0.2, 0.25) is 0 Å².